The first-order valence-corrected chi connectivity index (χ1v) is 14.3. The number of unbranched alkanes of at least 4 members (excludes halogenated alkanes) is 1. The summed E-state index contributed by atoms with van der Waals surface area (Å²) < 4.78 is 0. The fourth-order valence-electron chi connectivity index (χ4n) is 7.09. The van der Waals surface area contributed by atoms with Crippen molar-refractivity contribution in [2.24, 2.45) is 5.92 Å². The standard InChI is InChI=1S/C34H41N3O/c1-6-9-12-27-20-29-28-13-10-11-14-30(28)35-32(29)33(37(27)31(38)7-2)25-15-17-26(18-16-25)36-34(8-3)21-23(4)19-24(5)22-34/h2,10-11,13-18,24,27,33,35-36H,4,6,8-9,12,19-22H2,1,3,5H3/t24?,27-,33-,34?/m0/s1. The number of benzene rings is 2. The highest BCUT2D eigenvalue weighted by molar-refractivity contribution is 5.95. The van der Waals surface area contributed by atoms with E-state index in [9.17, 15) is 4.79 Å². The number of aromatic amines is 1. The highest BCUT2D eigenvalue weighted by atomic mass is 16.2. The molecule has 1 aliphatic carbocycles. The third kappa shape index (κ3) is 4.87. The van der Waals surface area contributed by atoms with Crippen LogP contribution < -0.4 is 5.32 Å². The van der Waals surface area contributed by atoms with Crippen LogP contribution in [0.25, 0.3) is 10.9 Å². The van der Waals surface area contributed by atoms with Crippen molar-refractivity contribution in [3.05, 3.63) is 77.5 Å². The van der Waals surface area contributed by atoms with Crippen LogP contribution in [0.4, 0.5) is 5.69 Å². The lowest BCUT2D eigenvalue weighted by molar-refractivity contribution is -0.130. The Hall–Kier alpha value is -3.45. The van der Waals surface area contributed by atoms with Crippen LogP contribution in [0.3, 0.4) is 0 Å². The molecule has 4 nitrogen and oxygen atoms in total. The molecule has 2 heterocycles. The minimum absolute atomic E-state index is 0.0438. The Kier molecular flexibility index (Phi) is 7.39. The van der Waals surface area contributed by atoms with Gasteiger partial charge in [0.15, 0.2) is 0 Å². The van der Waals surface area contributed by atoms with Gasteiger partial charge in [-0.1, -0.05) is 76.1 Å². The predicted octanol–water partition coefficient (Wildman–Crippen LogP) is 7.77. The molecule has 1 fully saturated rings. The summed E-state index contributed by atoms with van der Waals surface area (Å²) in [7, 11) is 0. The summed E-state index contributed by atoms with van der Waals surface area (Å²) in [6, 6.07) is 17.0. The minimum atomic E-state index is -0.236. The fraction of sp³-hybridized carbons (Fsp3) is 0.441. The van der Waals surface area contributed by atoms with Crippen molar-refractivity contribution in [2.75, 3.05) is 5.32 Å². The molecule has 0 bridgehead atoms. The highest BCUT2D eigenvalue weighted by Gasteiger charge is 2.40. The summed E-state index contributed by atoms with van der Waals surface area (Å²) in [6.45, 7) is 11.1. The Balaban J connectivity index is 1.54. The molecule has 1 amide bonds. The number of amides is 1. The van der Waals surface area contributed by atoms with Crippen molar-refractivity contribution in [3.63, 3.8) is 0 Å². The van der Waals surface area contributed by atoms with Crippen molar-refractivity contribution < 1.29 is 4.79 Å². The van der Waals surface area contributed by atoms with E-state index in [1.54, 1.807) is 0 Å². The molecule has 2 aliphatic rings. The number of nitrogens with one attached hydrogen (secondary N) is 2. The van der Waals surface area contributed by atoms with Gasteiger partial charge in [-0.2, -0.15) is 0 Å². The van der Waals surface area contributed by atoms with E-state index in [1.165, 1.54) is 16.5 Å². The second kappa shape index (κ2) is 10.7. The summed E-state index contributed by atoms with van der Waals surface area (Å²) in [6.07, 6.45) is 14.0. The third-order valence-corrected chi connectivity index (χ3v) is 8.76. The molecule has 198 valence electrons. The molecule has 2 N–H and O–H groups in total. The molecule has 1 saturated carbocycles. The first-order valence-electron chi connectivity index (χ1n) is 14.3. The van der Waals surface area contributed by atoms with Gasteiger partial charge in [0, 0.05) is 33.9 Å². The van der Waals surface area contributed by atoms with Crippen LogP contribution in [0, 0.1) is 18.3 Å². The van der Waals surface area contributed by atoms with Crippen molar-refractivity contribution in [1.29, 1.82) is 0 Å². The zero-order valence-corrected chi connectivity index (χ0v) is 23.1. The van der Waals surface area contributed by atoms with E-state index in [0.717, 1.165) is 73.8 Å². The number of rotatable bonds is 7. The monoisotopic (exact) mass is 507 g/mol. The van der Waals surface area contributed by atoms with E-state index in [4.69, 9.17) is 6.42 Å². The summed E-state index contributed by atoms with van der Waals surface area (Å²) in [5.74, 6) is 2.84. The van der Waals surface area contributed by atoms with Gasteiger partial charge < -0.3 is 15.2 Å². The van der Waals surface area contributed by atoms with E-state index in [-0.39, 0.29) is 23.5 Å². The number of carbonyl (C=O) groups excluding carboxylic acids is 1. The number of terminal acetylenes is 1. The SMILES string of the molecule is C#CC(=O)N1[C@@H](CCCC)Cc2c([nH]c3ccccc23)[C@@H]1c1ccc(NC2(CC)CC(=C)CC(C)C2)cc1. The molecule has 1 aromatic heterocycles. The number of anilines is 1. The average molecular weight is 508 g/mol. The quantitative estimate of drug-likeness (QED) is 0.253. The number of hydrogen-bond donors (Lipinski definition) is 2. The number of fused-ring (bicyclic) bond motifs is 3. The molecule has 38 heavy (non-hydrogen) atoms. The lowest BCUT2D eigenvalue weighted by Gasteiger charge is -2.43. The van der Waals surface area contributed by atoms with Gasteiger partial charge in [0.2, 0.25) is 0 Å². The Morgan fingerprint density at radius 2 is 1.95 bits per heavy atom. The van der Waals surface area contributed by atoms with E-state index in [0.29, 0.717) is 5.92 Å². The number of para-hydroxylation sites is 1. The zero-order valence-electron chi connectivity index (χ0n) is 23.1. The van der Waals surface area contributed by atoms with Gasteiger partial charge in [0.25, 0.3) is 5.91 Å². The van der Waals surface area contributed by atoms with Crippen LogP contribution in [-0.2, 0) is 11.2 Å². The first kappa shape index (κ1) is 26.2. The molecule has 3 aromatic rings. The molecule has 2 unspecified atom stereocenters. The topological polar surface area (TPSA) is 48.1 Å². The highest BCUT2D eigenvalue weighted by Crippen LogP contribution is 2.43. The molecule has 4 atom stereocenters. The second-order valence-electron chi connectivity index (χ2n) is 11.6. The molecule has 2 aromatic carbocycles. The maximum absolute atomic E-state index is 13.3. The fourth-order valence-corrected chi connectivity index (χ4v) is 7.09. The molecule has 4 heteroatoms. The Bertz CT molecular complexity index is 1360. The largest absolute Gasteiger partial charge is 0.379 e. The van der Waals surface area contributed by atoms with E-state index in [2.05, 4.69) is 92.1 Å². The van der Waals surface area contributed by atoms with Crippen molar-refractivity contribution in [2.45, 2.75) is 89.8 Å². The number of aromatic nitrogens is 1. The Labute approximate surface area is 227 Å². The van der Waals surface area contributed by atoms with E-state index in [1.807, 2.05) is 4.90 Å². The lowest BCUT2D eigenvalue weighted by atomic mass is 9.73. The van der Waals surface area contributed by atoms with Crippen LogP contribution in [0.2, 0.25) is 0 Å². The predicted molar refractivity (Wildman–Crippen MR) is 158 cm³/mol. The van der Waals surface area contributed by atoms with Crippen LogP contribution in [0.1, 0.15) is 88.6 Å². The summed E-state index contributed by atoms with van der Waals surface area (Å²) in [5.41, 5.74) is 7.09. The van der Waals surface area contributed by atoms with Gasteiger partial charge in [0.05, 0.1) is 6.04 Å². The second-order valence-corrected chi connectivity index (χ2v) is 11.6. The first-order chi connectivity index (χ1) is 18.4. The van der Waals surface area contributed by atoms with Crippen LogP contribution in [0.15, 0.2) is 60.7 Å². The van der Waals surface area contributed by atoms with Crippen LogP contribution in [0.5, 0.6) is 0 Å². The average Bonchev–Trinajstić information content (AvgIpc) is 3.29. The van der Waals surface area contributed by atoms with Crippen molar-refractivity contribution in [3.8, 4) is 12.3 Å². The minimum Gasteiger partial charge on any atom is -0.379 e. The van der Waals surface area contributed by atoms with Crippen LogP contribution in [-0.4, -0.2) is 27.4 Å². The molecule has 0 saturated heterocycles. The van der Waals surface area contributed by atoms with Gasteiger partial charge >= 0.3 is 0 Å². The number of carbonyl (C=O) groups is 1. The van der Waals surface area contributed by atoms with Gasteiger partial charge in [-0.3, -0.25) is 4.79 Å². The van der Waals surface area contributed by atoms with Gasteiger partial charge in [0.1, 0.15) is 0 Å². The van der Waals surface area contributed by atoms with Crippen molar-refractivity contribution in [1.82, 2.24) is 9.88 Å². The Morgan fingerprint density at radius 1 is 1.18 bits per heavy atom. The maximum atomic E-state index is 13.3. The third-order valence-electron chi connectivity index (χ3n) is 8.76. The van der Waals surface area contributed by atoms with Crippen molar-refractivity contribution >= 4 is 22.5 Å². The lowest BCUT2D eigenvalue weighted by Crippen LogP contribution is -2.47. The molecule has 0 spiro atoms. The summed E-state index contributed by atoms with van der Waals surface area (Å²) in [5, 5.41) is 5.12. The normalized spacial score (nSPS) is 25.2. The molecular formula is C34H41N3O. The zero-order chi connectivity index (χ0) is 26.9. The van der Waals surface area contributed by atoms with Crippen LogP contribution >= 0.6 is 0 Å². The molecular weight excluding hydrogens is 466 g/mol. The van der Waals surface area contributed by atoms with Gasteiger partial charge in [-0.15, -0.1) is 6.42 Å². The summed E-state index contributed by atoms with van der Waals surface area (Å²) >= 11 is 0. The smallest absolute Gasteiger partial charge is 0.299 e. The molecule has 5 rings (SSSR count). The maximum Gasteiger partial charge on any atom is 0.299 e. The summed E-state index contributed by atoms with van der Waals surface area (Å²) in [4.78, 5) is 18.9. The Morgan fingerprint density at radius 3 is 2.63 bits per heavy atom. The van der Waals surface area contributed by atoms with E-state index >= 15 is 0 Å². The number of hydrogen-bond acceptors (Lipinski definition) is 2. The molecule has 0 radical (unpaired) electrons. The van der Waals surface area contributed by atoms with Gasteiger partial charge in [-0.25, -0.2) is 0 Å². The van der Waals surface area contributed by atoms with E-state index < -0.39 is 0 Å². The van der Waals surface area contributed by atoms with Gasteiger partial charge in [-0.05, 0) is 79.7 Å². The number of nitrogens with zero attached hydrogens (tertiary/aromatic N) is 1. The molecule has 1 aliphatic heterocycles. The number of H-pyrrole nitrogens is 1.